The lowest BCUT2D eigenvalue weighted by atomic mass is 9.98. The summed E-state index contributed by atoms with van der Waals surface area (Å²) in [5.74, 6) is -1.56. The van der Waals surface area contributed by atoms with Crippen LogP contribution in [0.25, 0.3) is 11.1 Å². The van der Waals surface area contributed by atoms with E-state index in [4.69, 9.17) is 4.74 Å². The molecule has 1 saturated heterocycles. The van der Waals surface area contributed by atoms with Crippen LogP contribution < -0.4 is 5.32 Å². The number of hydrogen-bond donors (Lipinski definition) is 2. The van der Waals surface area contributed by atoms with Gasteiger partial charge in [-0.25, -0.2) is 9.78 Å². The Morgan fingerprint density at radius 3 is 2.20 bits per heavy atom. The van der Waals surface area contributed by atoms with E-state index in [1.54, 1.807) is 17.0 Å². The maximum absolute atomic E-state index is 13.1. The third-order valence-electron chi connectivity index (χ3n) is 7.36. The van der Waals surface area contributed by atoms with Gasteiger partial charge in [0.05, 0.1) is 11.6 Å². The number of amides is 2. The van der Waals surface area contributed by atoms with Gasteiger partial charge in [-0.1, -0.05) is 48.5 Å². The fourth-order valence-corrected chi connectivity index (χ4v) is 5.63. The molecule has 2 fully saturated rings. The first-order valence-corrected chi connectivity index (χ1v) is 11.6. The average Bonchev–Trinajstić information content (AvgIpc) is 3.22. The molecule has 35 heavy (non-hydrogen) atoms. The Morgan fingerprint density at radius 2 is 1.57 bits per heavy atom. The third kappa shape index (κ3) is 3.62. The molecule has 0 bridgehead atoms. The Hall–Kier alpha value is -4.20. The van der Waals surface area contributed by atoms with E-state index in [0.29, 0.717) is 13.1 Å². The monoisotopic (exact) mass is 469 g/mol. The average molecular weight is 469 g/mol. The fourth-order valence-electron chi connectivity index (χ4n) is 5.63. The minimum atomic E-state index is -0.803. The van der Waals surface area contributed by atoms with Crippen LogP contribution in [-0.2, 0) is 9.53 Å². The van der Waals surface area contributed by atoms with Gasteiger partial charge in [-0.2, -0.15) is 0 Å². The minimum Gasteiger partial charge on any atom is -0.481 e. The number of likely N-dealkylation sites (tertiary alicyclic amines) is 1. The van der Waals surface area contributed by atoms with E-state index in [2.05, 4.69) is 34.6 Å². The predicted molar refractivity (Wildman–Crippen MR) is 127 cm³/mol. The zero-order valence-corrected chi connectivity index (χ0v) is 18.8. The van der Waals surface area contributed by atoms with E-state index in [1.165, 1.54) is 6.20 Å². The van der Waals surface area contributed by atoms with Crippen LogP contribution >= 0.6 is 0 Å². The standard InChI is InChI=1S/C27H23N3O5/c31-25(30-12-19-20(13-30)23(19)26(32)33)24-22(10-5-11-28-24)29-27(34)35-14-21-17-8-3-1-6-15(17)16-7-2-4-9-18(16)21/h1-11,19-21,23H,12-14H2,(H,29,34)(H,32,33). The summed E-state index contributed by atoms with van der Waals surface area (Å²) >= 11 is 0. The molecule has 8 nitrogen and oxygen atoms in total. The Morgan fingerprint density at radius 1 is 0.943 bits per heavy atom. The fraction of sp³-hybridized carbons (Fsp3) is 0.259. The van der Waals surface area contributed by atoms with Crippen molar-refractivity contribution in [2.24, 2.45) is 17.8 Å². The number of carboxylic acids is 1. The highest BCUT2D eigenvalue weighted by Gasteiger charge is 2.60. The number of carbonyl (C=O) groups excluding carboxylic acids is 2. The topological polar surface area (TPSA) is 109 Å². The SMILES string of the molecule is O=C(Nc1cccnc1C(=O)N1CC2C(C1)C2C(=O)O)OCC1c2ccccc2-c2ccccc21. The number of nitrogens with zero attached hydrogens (tertiary/aromatic N) is 2. The number of anilines is 1. The molecule has 1 saturated carbocycles. The van der Waals surface area contributed by atoms with Gasteiger partial charge in [0.25, 0.3) is 5.91 Å². The molecule has 2 aromatic carbocycles. The highest BCUT2D eigenvalue weighted by atomic mass is 16.5. The van der Waals surface area contributed by atoms with Crippen LogP contribution in [0.15, 0.2) is 66.9 Å². The van der Waals surface area contributed by atoms with Crippen LogP contribution in [0.1, 0.15) is 27.5 Å². The van der Waals surface area contributed by atoms with E-state index in [-0.39, 0.29) is 47.6 Å². The van der Waals surface area contributed by atoms with Crippen LogP contribution in [-0.4, -0.2) is 52.7 Å². The van der Waals surface area contributed by atoms with Crippen molar-refractivity contribution < 1.29 is 24.2 Å². The Bertz CT molecular complexity index is 1300. The number of aliphatic carboxylic acids is 1. The number of fused-ring (bicyclic) bond motifs is 4. The van der Waals surface area contributed by atoms with Crippen molar-refractivity contribution in [3.8, 4) is 11.1 Å². The summed E-state index contributed by atoms with van der Waals surface area (Å²) in [5, 5.41) is 11.9. The smallest absolute Gasteiger partial charge is 0.411 e. The molecular formula is C27H23N3O5. The Balaban J connectivity index is 1.13. The molecule has 0 radical (unpaired) electrons. The van der Waals surface area contributed by atoms with Crippen molar-refractivity contribution in [3.63, 3.8) is 0 Å². The van der Waals surface area contributed by atoms with Crippen LogP contribution in [0, 0.1) is 17.8 Å². The van der Waals surface area contributed by atoms with Crippen molar-refractivity contribution in [2.45, 2.75) is 5.92 Å². The number of nitrogens with one attached hydrogen (secondary N) is 1. The number of hydrogen-bond acceptors (Lipinski definition) is 5. The second-order valence-electron chi connectivity index (χ2n) is 9.25. The molecule has 2 unspecified atom stereocenters. The lowest BCUT2D eigenvalue weighted by molar-refractivity contribution is -0.139. The van der Waals surface area contributed by atoms with E-state index >= 15 is 0 Å². The van der Waals surface area contributed by atoms with Crippen LogP contribution in [0.2, 0.25) is 0 Å². The first kappa shape index (κ1) is 21.3. The van der Waals surface area contributed by atoms with Gasteiger partial charge in [0.15, 0.2) is 5.69 Å². The lowest BCUT2D eigenvalue weighted by Gasteiger charge is -2.20. The molecule has 2 heterocycles. The van der Waals surface area contributed by atoms with Gasteiger partial charge in [0.1, 0.15) is 6.61 Å². The quantitative estimate of drug-likeness (QED) is 0.588. The number of piperidine rings is 1. The summed E-state index contributed by atoms with van der Waals surface area (Å²) in [6.07, 6.45) is 0.830. The number of carbonyl (C=O) groups is 3. The maximum Gasteiger partial charge on any atom is 0.411 e. The van der Waals surface area contributed by atoms with Gasteiger partial charge >= 0.3 is 12.1 Å². The number of rotatable bonds is 5. The highest BCUT2D eigenvalue weighted by Crippen LogP contribution is 2.52. The van der Waals surface area contributed by atoms with Crippen molar-refractivity contribution in [3.05, 3.63) is 83.7 Å². The van der Waals surface area contributed by atoms with Crippen LogP contribution in [0.3, 0.4) is 0 Å². The van der Waals surface area contributed by atoms with Gasteiger partial charge in [-0.05, 0) is 46.2 Å². The van der Waals surface area contributed by atoms with Crippen molar-refractivity contribution in [1.29, 1.82) is 0 Å². The number of ether oxygens (including phenoxy) is 1. The zero-order chi connectivity index (χ0) is 24.1. The molecule has 2 aliphatic carbocycles. The van der Waals surface area contributed by atoms with Crippen molar-refractivity contribution in [2.75, 3.05) is 25.0 Å². The summed E-state index contributed by atoms with van der Waals surface area (Å²) in [5.41, 5.74) is 4.91. The maximum atomic E-state index is 13.1. The first-order chi connectivity index (χ1) is 17.0. The molecule has 0 spiro atoms. The zero-order valence-electron chi connectivity index (χ0n) is 18.8. The molecule has 1 aliphatic heterocycles. The Kier molecular flexibility index (Phi) is 5.02. The highest BCUT2D eigenvalue weighted by molar-refractivity contribution is 6.01. The molecule has 3 aromatic rings. The summed E-state index contributed by atoms with van der Waals surface area (Å²) in [4.78, 5) is 42.8. The van der Waals surface area contributed by atoms with Crippen LogP contribution in [0.5, 0.6) is 0 Å². The van der Waals surface area contributed by atoms with Gasteiger partial charge in [0.2, 0.25) is 0 Å². The molecule has 2 N–H and O–H groups in total. The molecule has 6 rings (SSSR count). The minimum absolute atomic E-state index is 0.00120. The number of benzene rings is 2. The normalized spacial score (nSPS) is 21.6. The second kappa shape index (κ2) is 8.23. The molecule has 2 atom stereocenters. The van der Waals surface area contributed by atoms with E-state index in [9.17, 15) is 19.5 Å². The lowest BCUT2D eigenvalue weighted by Crippen LogP contribution is -2.34. The number of carboxylic acid groups (broad SMARTS) is 1. The van der Waals surface area contributed by atoms with Crippen molar-refractivity contribution >= 4 is 23.7 Å². The van der Waals surface area contributed by atoms with Gasteiger partial charge < -0.3 is 14.7 Å². The van der Waals surface area contributed by atoms with E-state index < -0.39 is 12.1 Å². The molecule has 176 valence electrons. The molecule has 8 heteroatoms. The molecule has 1 aromatic heterocycles. The number of pyridine rings is 1. The summed E-state index contributed by atoms with van der Waals surface area (Å²) in [6.45, 7) is 0.943. The number of aromatic nitrogens is 1. The first-order valence-electron chi connectivity index (χ1n) is 11.6. The summed E-state index contributed by atoms with van der Waals surface area (Å²) in [6, 6.07) is 19.4. The molecule has 3 aliphatic rings. The van der Waals surface area contributed by atoms with Gasteiger partial charge in [-0.3, -0.25) is 14.9 Å². The molecular weight excluding hydrogens is 446 g/mol. The van der Waals surface area contributed by atoms with E-state index in [0.717, 1.165) is 22.3 Å². The largest absolute Gasteiger partial charge is 0.481 e. The predicted octanol–water partition coefficient (Wildman–Crippen LogP) is 3.85. The van der Waals surface area contributed by atoms with Gasteiger partial charge in [-0.15, -0.1) is 0 Å². The summed E-state index contributed by atoms with van der Waals surface area (Å²) in [7, 11) is 0. The summed E-state index contributed by atoms with van der Waals surface area (Å²) < 4.78 is 5.60. The second-order valence-corrected chi connectivity index (χ2v) is 9.25. The van der Waals surface area contributed by atoms with Crippen LogP contribution in [0.4, 0.5) is 10.5 Å². The third-order valence-corrected chi connectivity index (χ3v) is 7.36. The Labute approximate surface area is 201 Å². The van der Waals surface area contributed by atoms with Gasteiger partial charge in [0, 0.05) is 25.2 Å². The molecule has 2 amide bonds. The van der Waals surface area contributed by atoms with E-state index in [1.807, 2.05) is 24.3 Å². The van der Waals surface area contributed by atoms with Crippen molar-refractivity contribution in [1.82, 2.24) is 9.88 Å².